The van der Waals surface area contributed by atoms with Crippen molar-refractivity contribution in [1.82, 2.24) is 9.96 Å². The number of hydrogen-bond donors (Lipinski definition) is 0. The van der Waals surface area contributed by atoms with Crippen LogP contribution in [-0.2, 0) is 9.63 Å². The fraction of sp³-hybridized carbons (Fsp3) is 0.889. The van der Waals surface area contributed by atoms with Gasteiger partial charge in [0.1, 0.15) is 0 Å². The zero-order valence-electron chi connectivity index (χ0n) is 8.19. The molecule has 2 aliphatic rings. The van der Waals surface area contributed by atoms with Crippen molar-refractivity contribution in [3.05, 3.63) is 0 Å². The van der Waals surface area contributed by atoms with Crippen LogP contribution in [0.1, 0.15) is 19.3 Å². The summed E-state index contributed by atoms with van der Waals surface area (Å²) >= 11 is 0. The fourth-order valence-electron chi connectivity index (χ4n) is 2.34. The van der Waals surface area contributed by atoms with E-state index in [9.17, 15) is 4.79 Å². The van der Waals surface area contributed by atoms with Crippen LogP contribution in [0.5, 0.6) is 0 Å². The Bertz CT molecular complexity index is 220. The Kier molecular flexibility index (Phi) is 2.26. The van der Waals surface area contributed by atoms with Gasteiger partial charge < -0.3 is 9.74 Å². The molecule has 2 fully saturated rings. The Morgan fingerprint density at radius 2 is 2.38 bits per heavy atom. The maximum Gasteiger partial charge on any atom is 0.229 e. The van der Waals surface area contributed by atoms with Gasteiger partial charge in [-0.05, 0) is 12.8 Å². The number of likely N-dealkylation sites (tertiary alicyclic amines) is 1. The number of carbonyl (C=O) groups excluding carboxylic acids is 1. The van der Waals surface area contributed by atoms with Crippen LogP contribution in [0.15, 0.2) is 0 Å². The molecule has 0 aromatic heterocycles. The van der Waals surface area contributed by atoms with Gasteiger partial charge in [-0.3, -0.25) is 4.79 Å². The summed E-state index contributed by atoms with van der Waals surface area (Å²) in [6.07, 6.45) is 3.47. The van der Waals surface area contributed by atoms with E-state index in [1.54, 1.807) is 12.2 Å². The van der Waals surface area contributed by atoms with Crippen LogP contribution in [0, 0.1) is 5.92 Å². The van der Waals surface area contributed by atoms with Gasteiger partial charge in [0.05, 0.1) is 19.7 Å². The highest BCUT2D eigenvalue weighted by molar-refractivity contribution is 5.86. The van der Waals surface area contributed by atoms with Crippen molar-refractivity contribution in [3.63, 3.8) is 0 Å². The van der Waals surface area contributed by atoms with Gasteiger partial charge in [0.25, 0.3) is 0 Å². The molecule has 0 radical (unpaired) electrons. The second kappa shape index (κ2) is 3.27. The number of hydrogen-bond acceptors (Lipinski definition) is 3. The molecule has 1 amide bonds. The van der Waals surface area contributed by atoms with Crippen LogP contribution in [-0.4, -0.2) is 42.7 Å². The normalized spacial score (nSPS) is 32.2. The fourth-order valence-corrected chi connectivity index (χ4v) is 2.34. The van der Waals surface area contributed by atoms with Crippen molar-refractivity contribution in [2.45, 2.75) is 25.3 Å². The van der Waals surface area contributed by atoms with Gasteiger partial charge in [0.2, 0.25) is 5.91 Å². The second-order valence-corrected chi connectivity index (χ2v) is 3.86. The van der Waals surface area contributed by atoms with Crippen molar-refractivity contribution in [1.29, 1.82) is 0 Å². The molecule has 74 valence electrons. The predicted octanol–water partition coefficient (Wildman–Crippen LogP) is 0.448. The first kappa shape index (κ1) is 8.97. The Balaban J connectivity index is 1.90. The molecule has 0 bridgehead atoms. The molecule has 13 heavy (non-hydrogen) atoms. The van der Waals surface area contributed by atoms with Crippen molar-refractivity contribution < 1.29 is 9.63 Å². The lowest BCUT2D eigenvalue weighted by atomic mass is 9.91. The number of rotatable bonds is 3. The molecular formula is C9H16N2O2. The number of nitrogens with zero attached hydrogens (tertiary/aromatic N) is 2. The highest BCUT2D eigenvalue weighted by Gasteiger charge is 2.49. The first-order chi connectivity index (χ1) is 6.24. The zero-order chi connectivity index (χ0) is 9.42. The van der Waals surface area contributed by atoms with Crippen LogP contribution < -0.4 is 0 Å². The lowest BCUT2D eigenvalue weighted by molar-refractivity contribution is -0.183. The minimum atomic E-state index is 0.311. The maximum absolute atomic E-state index is 11.5. The van der Waals surface area contributed by atoms with Crippen LogP contribution in [0.25, 0.3) is 0 Å². The van der Waals surface area contributed by atoms with Crippen LogP contribution in [0.4, 0.5) is 0 Å². The number of β-lactam (4-membered cyclic amide) rings is 1. The molecule has 0 N–H and O–H groups in total. The third-order valence-electron chi connectivity index (χ3n) is 3.14. The average molecular weight is 184 g/mol. The smallest absolute Gasteiger partial charge is 0.229 e. The summed E-state index contributed by atoms with van der Waals surface area (Å²) in [5.74, 6) is 0.650. The molecule has 1 saturated heterocycles. The zero-order valence-corrected chi connectivity index (χ0v) is 8.19. The molecule has 0 aromatic rings. The van der Waals surface area contributed by atoms with E-state index in [2.05, 4.69) is 0 Å². The van der Waals surface area contributed by atoms with Crippen molar-refractivity contribution in [3.8, 4) is 0 Å². The maximum atomic E-state index is 11.5. The Hall–Kier alpha value is -0.610. The monoisotopic (exact) mass is 184 g/mol. The van der Waals surface area contributed by atoms with Gasteiger partial charge in [-0.25, -0.2) is 0 Å². The van der Waals surface area contributed by atoms with Crippen molar-refractivity contribution >= 4 is 5.91 Å². The summed E-state index contributed by atoms with van der Waals surface area (Å²) in [6.45, 7) is 0.608. The van der Waals surface area contributed by atoms with Crippen LogP contribution in [0.2, 0.25) is 0 Å². The van der Waals surface area contributed by atoms with E-state index in [1.807, 2.05) is 11.9 Å². The number of amides is 1. The molecule has 1 aliphatic carbocycles. The van der Waals surface area contributed by atoms with Crippen molar-refractivity contribution in [2.75, 3.05) is 20.8 Å². The van der Waals surface area contributed by atoms with Crippen LogP contribution >= 0.6 is 0 Å². The predicted molar refractivity (Wildman–Crippen MR) is 47.6 cm³/mol. The van der Waals surface area contributed by atoms with E-state index in [0.717, 1.165) is 6.42 Å². The summed E-state index contributed by atoms with van der Waals surface area (Å²) < 4.78 is 0. The lowest BCUT2D eigenvalue weighted by Gasteiger charge is -2.44. The van der Waals surface area contributed by atoms with E-state index in [-0.39, 0.29) is 0 Å². The molecule has 2 unspecified atom stereocenters. The Morgan fingerprint density at radius 1 is 1.62 bits per heavy atom. The van der Waals surface area contributed by atoms with Gasteiger partial charge in [-0.15, -0.1) is 0 Å². The van der Waals surface area contributed by atoms with Gasteiger partial charge in [-0.2, -0.15) is 5.06 Å². The van der Waals surface area contributed by atoms with Gasteiger partial charge >= 0.3 is 0 Å². The Labute approximate surface area is 78.4 Å². The molecule has 0 aromatic carbocycles. The molecule has 4 heteroatoms. The summed E-state index contributed by atoms with van der Waals surface area (Å²) in [4.78, 5) is 18.4. The average Bonchev–Trinajstić information content (AvgIpc) is 2.58. The number of hydroxylamine groups is 2. The molecule has 2 atom stereocenters. The lowest BCUT2D eigenvalue weighted by Crippen LogP contribution is -2.60. The molecule has 1 saturated carbocycles. The van der Waals surface area contributed by atoms with E-state index >= 15 is 0 Å². The van der Waals surface area contributed by atoms with Gasteiger partial charge in [-0.1, -0.05) is 6.42 Å². The Morgan fingerprint density at radius 3 is 3.08 bits per heavy atom. The largest absolute Gasteiger partial charge is 0.323 e. The van der Waals surface area contributed by atoms with E-state index in [4.69, 9.17) is 4.84 Å². The first-order valence-corrected chi connectivity index (χ1v) is 4.79. The summed E-state index contributed by atoms with van der Waals surface area (Å²) in [5.41, 5.74) is 0. The molecule has 1 heterocycles. The van der Waals surface area contributed by atoms with E-state index in [0.29, 0.717) is 24.5 Å². The third-order valence-corrected chi connectivity index (χ3v) is 3.14. The highest BCUT2D eigenvalue weighted by Crippen LogP contribution is 2.39. The molecule has 2 rings (SSSR count). The van der Waals surface area contributed by atoms with Gasteiger partial charge in [0.15, 0.2) is 0 Å². The molecule has 1 aliphatic heterocycles. The third kappa shape index (κ3) is 1.34. The minimum absolute atomic E-state index is 0.311. The molecule has 4 nitrogen and oxygen atoms in total. The quantitative estimate of drug-likeness (QED) is 0.471. The molecular weight excluding hydrogens is 168 g/mol. The van der Waals surface area contributed by atoms with Gasteiger partial charge in [0, 0.05) is 13.1 Å². The summed E-state index contributed by atoms with van der Waals surface area (Å²) in [5, 5.41) is 1.69. The summed E-state index contributed by atoms with van der Waals surface area (Å²) in [7, 11) is 3.46. The van der Waals surface area contributed by atoms with E-state index < -0.39 is 0 Å². The second-order valence-electron chi connectivity index (χ2n) is 3.86. The topological polar surface area (TPSA) is 32.8 Å². The molecule has 0 spiro atoms. The standard InChI is InChI=1S/C9H16N2O2/c1-10(13-2)6-11-8-5-3-4-7(8)9(11)12/h7-8H,3-6H2,1-2H3. The van der Waals surface area contributed by atoms with E-state index in [1.165, 1.54) is 12.8 Å². The van der Waals surface area contributed by atoms with Crippen molar-refractivity contribution in [2.24, 2.45) is 5.92 Å². The summed E-state index contributed by atoms with van der Waals surface area (Å²) in [6, 6.07) is 0.505. The SMILES string of the molecule is CON(C)CN1C(=O)C2CCCC21. The number of carbonyl (C=O) groups is 1. The first-order valence-electron chi connectivity index (χ1n) is 4.79. The minimum Gasteiger partial charge on any atom is -0.323 e. The number of fused-ring (bicyclic) bond motifs is 1. The highest BCUT2D eigenvalue weighted by atomic mass is 16.7. The van der Waals surface area contributed by atoms with Crippen LogP contribution in [0.3, 0.4) is 0 Å².